The van der Waals surface area contributed by atoms with Gasteiger partial charge in [0.2, 0.25) is 0 Å². The monoisotopic (exact) mass is 279 g/mol. The van der Waals surface area contributed by atoms with E-state index in [9.17, 15) is 5.11 Å². The van der Waals surface area contributed by atoms with Crippen LogP contribution in [-0.2, 0) is 0 Å². The normalized spacial score (nSPS) is 14.2. The molecule has 5 N–H and O–H groups in total. The Kier molecular flexibility index (Phi) is 6.48. The highest BCUT2D eigenvalue weighted by Gasteiger charge is 2.29. The van der Waals surface area contributed by atoms with Gasteiger partial charge in [0, 0.05) is 18.0 Å². The zero-order valence-corrected chi connectivity index (χ0v) is 12.2. The average Bonchev–Trinajstić information content (AvgIpc) is 2.52. The van der Waals surface area contributed by atoms with Crippen molar-refractivity contribution in [3.05, 3.63) is 35.9 Å². The van der Waals surface area contributed by atoms with Gasteiger partial charge < -0.3 is 21.4 Å². The number of hydrogen-bond donors (Lipinski definition) is 4. The van der Waals surface area contributed by atoms with Crippen molar-refractivity contribution in [2.24, 2.45) is 10.9 Å². The minimum Gasteiger partial charge on any atom is -0.409 e. The summed E-state index contributed by atoms with van der Waals surface area (Å²) in [5, 5.41) is 25.0. The fraction of sp³-hybridized carbons (Fsp3) is 0.533. The predicted molar refractivity (Wildman–Crippen MR) is 80.7 cm³/mol. The Morgan fingerprint density at radius 3 is 2.35 bits per heavy atom. The maximum atomic E-state index is 9.69. The van der Waals surface area contributed by atoms with Crippen molar-refractivity contribution in [2.75, 3.05) is 6.61 Å². The molecule has 112 valence electrons. The Morgan fingerprint density at radius 1 is 1.30 bits per heavy atom. The summed E-state index contributed by atoms with van der Waals surface area (Å²) in [6, 6.07) is 9.75. The van der Waals surface area contributed by atoms with Crippen LogP contribution in [0.3, 0.4) is 0 Å². The summed E-state index contributed by atoms with van der Waals surface area (Å²) >= 11 is 0. The average molecular weight is 279 g/mol. The first-order chi connectivity index (χ1) is 9.60. The number of rotatable bonds is 8. The third-order valence-electron chi connectivity index (χ3n) is 3.88. The van der Waals surface area contributed by atoms with Crippen LogP contribution in [0, 0.1) is 0 Å². The zero-order valence-electron chi connectivity index (χ0n) is 12.2. The number of nitrogens with zero attached hydrogens (tertiary/aromatic N) is 1. The fourth-order valence-electron chi connectivity index (χ4n) is 2.28. The molecular formula is C15H25N3O2. The van der Waals surface area contributed by atoms with Crippen LogP contribution in [0.25, 0.3) is 0 Å². The first-order valence-electron chi connectivity index (χ1n) is 7.00. The number of aliphatic hydroxyl groups is 1. The quantitative estimate of drug-likeness (QED) is 0.253. The highest BCUT2D eigenvalue weighted by atomic mass is 16.4. The van der Waals surface area contributed by atoms with Gasteiger partial charge in [-0.2, -0.15) is 0 Å². The molecule has 0 aliphatic heterocycles. The largest absolute Gasteiger partial charge is 0.409 e. The summed E-state index contributed by atoms with van der Waals surface area (Å²) in [5.74, 6) is 0.172. The molecule has 0 aliphatic carbocycles. The Labute approximate surface area is 120 Å². The molecule has 5 nitrogen and oxygen atoms in total. The van der Waals surface area contributed by atoms with Gasteiger partial charge in [0.15, 0.2) is 0 Å². The van der Waals surface area contributed by atoms with Crippen molar-refractivity contribution >= 4 is 5.84 Å². The van der Waals surface area contributed by atoms with Gasteiger partial charge in [-0.1, -0.05) is 49.3 Å². The van der Waals surface area contributed by atoms with Crippen LogP contribution in [-0.4, -0.2) is 28.3 Å². The smallest absolute Gasteiger partial charge is 0.141 e. The third-order valence-corrected chi connectivity index (χ3v) is 3.88. The van der Waals surface area contributed by atoms with Crippen LogP contribution in [0.5, 0.6) is 0 Å². The molecule has 0 radical (unpaired) electrons. The molecule has 0 aromatic heterocycles. The topological polar surface area (TPSA) is 90.9 Å². The van der Waals surface area contributed by atoms with Gasteiger partial charge in [0.25, 0.3) is 0 Å². The standard InChI is InChI=1S/C15H25N3O2/c1-3-15(4-2,11-19)17-13(10-14(16)18-20)12-8-6-5-7-9-12/h5-9,13,17,19-20H,3-4,10-11H2,1-2H3,(H2,16,18). The number of benzene rings is 1. The van der Waals surface area contributed by atoms with Crippen molar-refractivity contribution in [3.63, 3.8) is 0 Å². The van der Waals surface area contributed by atoms with E-state index in [1.165, 1.54) is 0 Å². The zero-order chi connectivity index (χ0) is 15.0. The number of hydrogen-bond acceptors (Lipinski definition) is 4. The van der Waals surface area contributed by atoms with E-state index in [1.54, 1.807) is 0 Å². The first kappa shape index (κ1) is 16.5. The summed E-state index contributed by atoms with van der Waals surface area (Å²) in [6.07, 6.45) is 2.00. The SMILES string of the molecule is CCC(CC)(CO)NC(CC(N)=NO)c1ccccc1. The molecule has 0 aliphatic rings. The Balaban J connectivity index is 2.99. The van der Waals surface area contributed by atoms with Crippen LogP contribution < -0.4 is 11.1 Å². The number of oxime groups is 1. The molecule has 1 aromatic carbocycles. The highest BCUT2D eigenvalue weighted by Crippen LogP contribution is 2.24. The Bertz CT molecular complexity index is 408. The van der Waals surface area contributed by atoms with Gasteiger partial charge in [-0.25, -0.2) is 0 Å². The van der Waals surface area contributed by atoms with E-state index >= 15 is 0 Å². The molecule has 0 amide bonds. The van der Waals surface area contributed by atoms with E-state index in [0.29, 0.717) is 6.42 Å². The van der Waals surface area contributed by atoms with E-state index in [-0.39, 0.29) is 24.0 Å². The maximum absolute atomic E-state index is 9.69. The van der Waals surface area contributed by atoms with Crippen LogP contribution >= 0.6 is 0 Å². The summed E-state index contributed by atoms with van der Waals surface area (Å²) in [7, 11) is 0. The van der Waals surface area contributed by atoms with E-state index in [1.807, 2.05) is 44.2 Å². The predicted octanol–water partition coefficient (Wildman–Crippen LogP) is 2.00. The molecule has 1 unspecified atom stereocenters. The van der Waals surface area contributed by atoms with Crippen LogP contribution in [0.4, 0.5) is 0 Å². The molecular weight excluding hydrogens is 254 g/mol. The van der Waals surface area contributed by atoms with Crippen molar-refractivity contribution in [1.29, 1.82) is 0 Å². The maximum Gasteiger partial charge on any atom is 0.141 e. The minimum atomic E-state index is -0.351. The molecule has 0 bridgehead atoms. The minimum absolute atomic E-state index is 0.0551. The Morgan fingerprint density at radius 2 is 1.90 bits per heavy atom. The van der Waals surface area contributed by atoms with Gasteiger partial charge in [-0.05, 0) is 18.4 Å². The van der Waals surface area contributed by atoms with Crippen LogP contribution in [0.1, 0.15) is 44.7 Å². The molecule has 0 heterocycles. The molecule has 0 spiro atoms. The lowest BCUT2D eigenvalue weighted by atomic mass is 9.90. The van der Waals surface area contributed by atoms with Crippen molar-refractivity contribution in [2.45, 2.75) is 44.7 Å². The molecule has 1 rings (SSSR count). The first-order valence-corrected chi connectivity index (χ1v) is 7.00. The van der Waals surface area contributed by atoms with Gasteiger partial charge >= 0.3 is 0 Å². The number of nitrogens with two attached hydrogens (primary N) is 1. The number of amidine groups is 1. The van der Waals surface area contributed by atoms with Gasteiger partial charge in [-0.3, -0.25) is 0 Å². The molecule has 0 fully saturated rings. The Hall–Kier alpha value is -1.59. The van der Waals surface area contributed by atoms with Crippen molar-refractivity contribution in [3.8, 4) is 0 Å². The second-order valence-electron chi connectivity index (χ2n) is 5.05. The second kappa shape index (κ2) is 7.87. The lowest BCUT2D eigenvalue weighted by molar-refractivity contribution is 0.138. The lowest BCUT2D eigenvalue weighted by Gasteiger charge is -2.35. The van der Waals surface area contributed by atoms with Crippen LogP contribution in [0.15, 0.2) is 35.5 Å². The molecule has 5 heteroatoms. The van der Waals surface area contributed by atoms with Gasteiger partial charge in [0.05, 0.1) is 6.61 Å². The summed E-state index contributed by atoms with van der Waals surface area (Å²) in [6.45, 7) is 4.13. The van der Waals surface area contributed by atoms with Crippen molar-refractivity contribution < 1.29 is 10.3 Å². The summed E-state index contributed by atoms with van der Waals surface area (Å²) in [5.41, 5.74) is 6.36. The van der Waals surface area contributed by atoms with Crippen molar-refractivity contribution in [1.82, 2.24) is 5.32 Å². The third kappa shape index (κ3) is 4.21. The number of aliphatic hydroxyl groups excluding tert-OH is 1. The summed E-state index contributed by atoms with van der Waals surface area (Å²) in [4.78, 5) is 0. The molecule has 0 saturated carbocycles. The summed E-state index contributed by atoms with van der Waals surface area (Å²) < 4.78 is 0. The molecule has 20 heavy (non-hydrogen) atoms. The van der Waals surface area contributed by atoms with E-state index in [4.69, 9.17) is 10.9 Å². The lowest BCUT2D eigenvalue weighted by Crippen LogP contribution is -2.49. The van der Waals surface area contributed by atoms with E-state index < -0.39 is 0 Å². The molecule has 0 saturated heterocycles. The molecule has 1 aromatic rings. The molecule has 1 atom stereocenters. The highest BCUT2D eigenvalue weighted by molar-refractivity contribution is 5.80. The van der Waals surface area contributed by atoms with E-state index in [0.717, 1.165) is 18.4 Å². The second-order valence-corrected chi connectivity index (χ2v) is 5.05. The van der Waals surface area contributed by atoms with E-state index in [2.05, 4.69) is 10.5 Å². The number of nitrogens with one attached hydrogen (secondary N) is 1. The van der Waals surface area contributed by atoms with Crippen LogP contribution in [0.2, 0.25) is 0 Å². The van der Waals surface area contributed by atoms with Gasteiger partial charge in [-0.15, -0.1) is 0 Å². The fourth-order valence-corrected chi connectivity index (χ4v) is 2.28. The van der Waals surface area contributed by atoms with Gasteiger partial charge in [0.1, 0.15) is 5.84 Å².